The largest absolute Gasteiger partial charge is 0.393 e. The van der Waals surface area contributed by atoms with Crippen LogP contribution in [0, 0.1) is 0 Å². The van der Waals surface area contributed by atoms with E-state index in [0.717, 1.165) is 32.1 Å². The molecule has 1 aliphatic carbocycles. The highest BCUT2D eigenvalue weighted by atomic mass is 16.3. The van der Waals surface area contributed by atoms with Gasteiger partial charge in [0.05, 0.1) is 11.7 Å². The molecule has 76 valence electrons. The van der Waals surface area contributed by atoms with Gasteiger partial charge in [-0.2, -0.15) is 0 Å². The average molecular weight is 184 g/mol. The van der Waals surface area contributed by atoms with Gasteiger partial charge in [-0.3, -0.25) is 0 Å². The molecule has 0 aromatic carbocycles. The zero-order chi connectivity index (χ0) is 9.90. The summed E-state index contributed by atoms with van der Waals surface area (Å²) in [6.07, 6.45) is 6.49. The third-order valence-corrected chi connectivity index (χ3v) is 2.58. The molecule has 0 saturated heterocycles. The zero-order valence-corrected chi connectivity index (χ0v) is 8.58. The Morgan fingerprint density at radius 1 is 1.62 bits per heavy atom. The fraction of sp³-hybridized carbons (Fsp3) is 0.818. The van der Waals surface area contributed by atoms with Crippen LogP contribution in [0.1, 0.15) is 46.0 Å². The second kappa shape index (κ2) is 4.25. The Labute approximate surface area is 80.3 Å². The molecule has 0 aromatic rings. The number of hydrogen-bond donors (Lipinski definition) is 2. The molecule has 2 heteroatoms. The SMILES string of the molecule is CC(O)CCC1=CC(C)(O)CCC1. The Kier molecular flexibility index (Phi) is 3.51. The summed E-state index contributed by atoms with van der Waals surface area (Å²) in [5, 5.41) is 18.9. The molecule has 0 saturated carbocycles. The van der Waals surface area contributed by atoms with E-state index < -0.39 is 5.60 Å². The van der Waals surface area contributed by atoms with E-state index in [2.05, 4.69) is 0 Å². The van der Waals surface area contributed by atoms with Crippen molar-refractivity contribution in [3.05, 3.63) is 11.6 Å². The molecular weight excluding hydrogens is 164 g/mol. The van der Waals surface area contributed by atoms with Crippen LogP contribution in [0.25, 0.3) is 0 Å². The van der Waals surface area contributed by atoms with E-state index >= 15 is 0 Å². The van der Waals surface area contributed by atoms with Gasteiger partial charge in [0, 0.05) is 0 Å². The second-order valence-corrected chi connectivity index (χ2v) is 4.40. The minimum Gasteiger partial charge on any atom is -0.393 e. The van der Waals surface area contributed by atoms with Gasteiger partial charge in [0.25, 0.3) is 0 Å². The van der Waals surface area contributed by atoms with Crippen molar-refractivity contribution in [2.75, 3.05) is 0 Å². The van der Waals surface area contributed by atoms with Gasteiger partial charge in [-0.15, -0.1) is 0 Å². The molecule has 0 aromatic heterocycles. The smallest absolute Gasteiger partial charge is 0.0802 e. The summed E-state index contributed by atoms with van der Waals surface area (Å²) in [6, 6.07) is 0. The normalized spacial score (nSPS) is 31.2. The van der Waals surface area contributed by atoms with Crippen LogP contribution in [0.3, 0.4) is 0 Å². The Morgan fingerprint density at radius 3 is 2.85 bits per heavy atom. The molecule has 0 heterocycles. The molecular formula is C11H20O2. The lowest BCUT2D eigenvalue weighted by Gasteiger charge is -2.26. The predicted octanol–water partition coefficient (Wildman–Crippen LogP) is 2.01. The van der Waals surface area contributed by atoms with Crippen molar-refractivity contribution in [1.82, 2.24) is 0 Å². The summed E-state index contributed by atoms with van der Waals surface area (Å²) in [6.45, 7) is 3.66. The van der Waals surface area contributed by atoms with E-state index in [1.807, 2.05) is 19.9 Å². The maximum absolute atomic E-state index is 9.77. The molecule has 13 heavy (non-hydrogen) atoms. The van der Waals surface area contributed by atoms with Crippen molar-refractivity contribution in [3.8, 4) is 0 Å². The van der Waals surface area contributed by atoms with Crippen LogP contribution in [-0.4, -0.2) is 21.9 Å². The van der Waals surface area contributed by atoms with Crippen molar-refractivity contribution < 1.29 is 10.2 Å². The lowest BCUT2D eigenvalue weighted by molar-refractivity contribution is 0.0918. The monoisotopic (exact) mass is 184 g/mol. The van der Waals surface area contributed by atoms with Crippen LogP contribution in [0.5, 0.6) is 0 Å². The summed E-state index contributed by atoms with van der Waals surface area (Å²) in [5.41, 5.74) is 0.698. The Bertz CT molecular complexity index is 192. The van der Waals surface area contributed by atoms with Gasteiger partial charge in [-0.1, -0.05) is 11.6 Å². The van der Waals surface area contributed by atoms with E-state index in [-0.39, 0.29) is 6.10 Å². The number of aliphatic hydroxyl groups is 2. The van der Waals surface area contributed by atoms with Crippen LogP contribution < -0.4 is 0 Å². The van der Waals surface area contributed by atoms with Gasteiger partial charge >= 0.3 is 0 Å². The van der Waals surface area contributed by atoms with Crippen LogP contribution in [0.4, 0.5) is 0 Å². The summed E-state index contributed by atoms with van der Waals surface area (Å²) < 4.78 is 0. The molecule has 0 fully saturated rings. The van der Waals surface area contributed by atoms with Gasteiger partial charge < -0.3 is 10.2 Å². The quantitative estimate of drug-likeness (QED) is 0.659. The first kappa shape index (κ1) is 10.7. The molecule has 1 rings (SSSR count). The maximum atomic E-state index is 9.77. The number of aliphatic hydroxyl groups excluding tert-OH is 1. The Balaban J connectivity index is 2.45. The average Bonchev–Trinajstić information content (AvgIpc) is 1.99. The number of allylic oxidation sites excluding steroid dienone is 1. The van der Waals surface area contributed by atoms with E-state index in [0.29, 0.717) is 0 Å². The summed E-state index contributed by atoms with van der Waals surface area (Å²) >= 11 is 0. The van der Waals surface area contributed by atoms with Crippen molar-refractivity contribution in [3.63, 3.8) is 0 Å². The van der Waals surface area contributed by atoms with Crippen molar-refractivity contribution >= 4 is 0 Å². The van der Waals surface area contributed by atoms with Crippen molar-refractivity contribution in [2.24, 2.45) is 0 Å². The van der Waals surface area contributed by atoms with Gasteiger partial charge in [0.1, 0.15) is 0 Å². The van der Waals surface area contributed by atoms with Gasteiger partial charge in [0.2, 0.25) is 0 Å². The summed E-state index contributed by atoms with van der Waals surface area (Å²) in [7, 11) is 0. The van der Waals surface area contributed by atoms with Crippen LogP contribution >= 0.6 is 0 Å². The first-order chi connectivity index (χ1) is 5.99. The Morgan fingerprint density at radius 2 is 2.31 bits per heavy atom. The molecule has 1 aliphatic rings. The van der Waals surface area contributed by atoms with Gasteiger partial charge in [-0.05, 0) is 46.0 Å². The first-order valence-corrected chi connectivity index (χ1v) is 5.11. The molecule has 0 aliphatic heterocycles. The lowest BCUT2D eigenvalue weighted by Crippen LogP contribution is -2.24. The highest BCUT2D eigenvalue weighted by molar-refractivity contribution is 5.13. The molecule has 2 atom stereocenters. The van der Waals surface area contributed by atoms with Crippen LogP contribution in [0.2, 0.25) is 0 Å². The zero-order valence-electron chi connectivity index (χ0n) is 8.58. The first-order valence-electron chi connectivity index (χ1n) is 5.11. The summed E-state index contributed by atoms with van der Waals surface area (Å²) in [5.74, 6) is 0. The van der Waals surface area contributed by atoms with Gasteiger partial charge in [-0.25, -0.2) is 0 Å². The molecule has 2 N–H and O–H groups in total. The third-order valence-electron chi connectivity index (χ3n) is 2.58. The minimum atomic E-state index is -0.605. The standard InChI is InChI=1S/C11H20O2/c1-9(12)5-6-10-4-3-7-11(2,13)8-10/h8-9,12-13H,3-7H2,1-2H3. The molecule has 0 amide bonds. The molecule has 2 unspecified atom stereocenters. The second-order valence-electron chi connectivity index (χ2n) is 4.40. The summed E-state index contributed by atoms with van der Waals surface area (Å²) in [4.78, 5) is 0. The van der Waals surface area contributed by atoms with Crippen LogP contribution in [-0.2, 0) is 0 Å². The van der Waals surface area contributed by atoms with E-state index in [1.165, 1.54) is 5.57 Å². The number of rotatable bonds is 3. The van der Waals surface area contributed by atoms with Gasteiger partial charge in [0.15, 0.2) is 0 Å². The van der Waals surface area contributed by atoms with Crippen LogP contribution in [0.15, 0.2) is 11.6 Å². The lowest BCUT2D eigenvalue weighted by atomic mass is 9.86. The molecule has 0 spiro atoms. The predicted molar refractivity (Wildman–Crippen MR) is 53.5 cm³/mol. The number of hydrogen-bond acceptors (Lipinski definition) is 2. The Hall–Kier alpha value is -0.340. The fourth-order valence-electron chi connectivity index (χ4n) is 1.85. The third kappa shape index (κ3) is 3.92. The van der Waals surface area contributed by atoms with E-state index in [1.54, 1.807) is 0 Å². The van der Waals surface area contributed by atoms with E-state index in [4.69, 9.17) is 5.11 Å². The van der Waals surface area contributed by atoms with E-state index in [9.17, 15) is 5.11 Å². The maximum Gasteiger partial charge on any atom is 0.0802 e. The highest BCUT2D eigenvalue weighted by Crippen LogP contribution is 2.28. The fourth-order valence-corrected chi connectivity index (χ4v) is 1.85. The minimum absolute atomic E-state index is 0.229. The molecule has 2 nitrogen and oxygen atoms in total. The van der Waals surface area contributed by atoms with Crippen molar-refractivity contribution in [2.45, 2.75) is 57.7 Å². The topological polar surface area (TPSA) is 40.5 Å². The molecule has 0 bridgehead atoms. The molecule has 0 radical (unpaired) electrons. The van der Waals surface area contributed by atoms with Crippen molar-refractivity contribution in [1.29, 1.82) is 0 Å². The highest BCUT2D eigenvalue weighted by Gasteiger charge is 2.21.